The second-order valence-corrected chi connectivity index (χ2v) is 4.48. The van der Waals surface area contributed by atoms with Gasteiger partial charge in [-0.05, 0) is 24.1 Å². The smallest absolute Gasteiger partial charge is 0.326 e. The fourth-order valence-electron chi connectivity index (χ4n) is 1.55. The SMILES string of the molecule is CC(C)C(NC(=O)c1cccc(C(N)=O)c1)C(=O)O. The van der Waals surface area contributed by atoms with E-state index in [-0.39, 0.29) is 17.0 Å². The van der Waals surface area contributed by atoms with Gasteiger partial charge in [0.15, 0.2) is 0 Å². The highest BCUT2D eigenvalue weighted by molar-refractivity contribution is 6.00. The lowest BCUT2D eigenvalue weighted by Gasteiger charge is -2.17. The summed E-state index contributed by atoms with van der Waals surface area (Å²) in [5.41, 5.74) is 5.51. The van der Waals surface area contributed by atoms with E-state index >= 15 is 0 Å². The van der Waals surface area contributed by atoms with Gasteiger partial charge in [-0.3, -0.25) is 9.59 Å². The third-order valence-electron chi connectivity index (χ3n) is 2.63. The van der Waals surface area contributed by atoms with Crippen LogP contribution in [0.4, 0.5) is 0 Å². The van der Waals surface area contributed by atoms with E-state index < -0.39 is 23.8 Å². The predicted molar refractivity (Wildman–Crippen MR) is 68.7 cm³/mol. The highest BCUT2D eigenvalue weighted by atomic mass is 16.4. The summed E-state index contributed by atoms with van der Waals surface area (Å²) >= 11 is 0. The maximum absolute atomic E-state index is 11.9. The number of hydrogen-bond donors (Lipinski definition) is 3. The molecule has 4 N–H and O–H groups in total. The second-order valence-electron chi connectivity index (χ2n) is 4.48. The minimum atomic E-state index is -1.10. The molecule has 0 aliphatic rings. The standard InChI is InChI=1S/C13H16N2O4/c1-7(2)10(13(18)19)15-12(17)9-5-3-4-8(6-9)11(14)16/h3-7,10H,1-2H3,(H2,14,16)(H,15,17)(H,18,19). The van der Waals surface area contributed by atoms with Gasteiger partial charge >= 0.3 is 5.97 Å². The van der Waals surface area contributed by atoms with Crippen LogP contribution in [0.3, 0.4) is 0 Å². The first-order chi connectivity index (χ1) is 8.82. The zero-order valence-corrected chi connectivity index (χ0v) is 10.7. The van der Waals surface area contributed by atoms with E-state index in [0.717, 1.165) is 0 Å². The number of rotatable bonds is 5. The van der Waals surface area contributed by atoms with Crippen molar-refractivity contribution < 1.29 is 19.5 Å². The first-order valence-electron chi connectivity index (χ1n) is 5.76. The Morgan fingerprint density at radius 1 is 1.21 bits per heavy atom. The summed E-state index contributed by atoms with van der Waals surface area (Å²) in [6.45, 7) is 3.39. The summed E-state index contributed by atoms with van der Waals surface area (Å²) < 4.78 is 0. The molecule has 0 aliphatic heterocycles. The number of carbonyl (C=O) groups excluding carboxylic acids is 2. The molecule has 1 aromatic carbocycles. The average Bonchev–Trinajstić information content (AvgIpc) is 2.34. The van der Waals surface area contributed by atoms with Gasteiger partial charge in [0.05, 0.1) is 0 Å². The molecule has 19 heavy (non-hydrogen) atoms. The monoisotopic (exact) mass is 264 g/mol. The van der Waals surface area contributed by atoms with Crippen molar-refractivity contribution in [3.05, 3.63) is 35.4 Å². The van der Waals surface area contributed by atoms with Crippen LogP contribution in [0.1, 0.15) is 34.6 Å². The molecule has 2 amide bonds. The molecule has 0 aromatic heterocycles. The van der Waals surface area contributed by atoms with Crippen LogP contribution in [0.15, 0.2) is 24.3 Å². The summed E-state index contributed by atoms with van der Waals surface area (Å²) in [7, 11) is 0. The van der Waals surface area contributed by atoms with Crippen LogP contribution in [0.5, 0.6) is 0 Å². The van der Waals surface area contributed by atoms with Crippen LogP contribution in [0, 0.1) is 5.92 Å². The number of nitrogens with one attached hydrogen (secondary N) is 1. The van der Waals surface area contributed by atoms with Gasteiger partial charge in [0.25, 0.3) is 5.91 Å². The Morgan fingerprint density at radius 3 is 2.26 bits per heavy atom. The van der Waals surface area contributed by atoms with Gasteiger partial charge in [-0.25, -0.2) is 4.79 Å². The van der Waals surface area contributed by atoms with Crippen LogP contribution in [-0.4, -0.2) is 28.9 Å². The number of carboxylic acids is 1. The largest absolute Gasteiger partial charge is 0.480 e. The van der Waals surface area contributed by atoms with Crippen LogP contribution in [-0.2, 0) is 4.79 Å². The molecule has 1 unspecified atom stereocenters. The quantitative estimate of drug-likeness (QED) is 0.724. The number of hydrogen-bond acceptors (Lipinski definition) is 3. The van der Waals surface area contributed by atoms with E-state index in [4.69, 9.17) is 10.8 Å². The van der Waals surface area contributed by atoms with E-state index in [9.17, 15) is 14.4 Å². The Hall–Kier alpha value is -2.37. The second kappa shape index (κ2) is 5.99. The summed E-state index contributed by atoms with van der Waals surface area (Å²) in [5, 5.41) is 11.4. The van der Waals surface area contributed by atoms with Gasteiger partial charge in [-0.15, -0.1) is 0 Å². The van der Waals surface area contributed by atoms with E-state index in [0.29, 0.717) is 0 Å². The highest BCUT2D eigenvalue weighted by Gasteiger charge is 2.24. The molecule has 0 saturated carbocycles. The van der Waals surface area contributed by atoms with Crippen LogP contribution in [0.2, 0.25) is 0 Å². The van der Waals surface area contributed by atoms with E-state index in [1.807, 2.05) is 0 Å². The lowest BCUT2D eigenvalue weighted by molar-refractivity contribution is -0.140. The molecule has 0 spiro atoms. The minimum absolute atomic E-state index is 0.197. The number of nitrogens with two attached hydrogens (primary N) is 1. The molecule has 6 heteroatoms. The van der Waals surface area contributed by atoms with Crippen molar-refractivity contribution in [2.24, 2.45) is 11.7 Å². The van der Waals surface area contributed by atoms with Crippen molar-refractivity contribution in [2.75, 3.05) is 0 Å². The van der Waals surface area contributed by atoms with Crippen molar-refractivity contribution in [3.8, 4) is 0 Å². The topological polar surface area (TPSA) is 109 Å². The van der Waals surface area contributed by atoms with Crippen molar-refractivity contribution in [1.29, 1.82) is 0 Å². The zero-order chi connectivity index (χ0) is 14.6. The van der Waals surface area contributed by atoms with Crippen LogP contribution in [0.25, 0.3) is 0 Å². The third kappa shape index (κ3) is 3.80. The summed E-state index contributed by atoms with van der Waals surface area (Å²) in [6.07, 6.45) is 0. The number of primary amides is 1. The van der Waals surface area contributed by atoms with E-state index in [2.05, 4.69) is 5.32 Å². The molecule has 102 valence electrons. The van der Waals surface area contributed by atoms with Crippen molar-refractivity contribution in [1.82, 2.24) is 5.32 Å². The number of aliphatic carboxylic acids is 1. The lowest BCUT2D eigenvalue weighted by Crippen LogP contribution is -2.44. The Labute approximate surface area is 110 Å². The molecule has 0 fully saturated rings. The first kappa shape index (κ1) is 14.7. The molecule has 0 saturated heterocycles. The van der Waals surface area contributed by atoms with Crippen molar-refractivity contribution in [3.63, 3.8) is 0 Å². The summed E-state index contributed by atoms with van der Waals surface area (Å²) in [5.74, 6) is -2.55. The molecule has 6 nitrogen and oxygen atoms in total. The molecule has 0 aliphatic carbocycles. The van der Waals surface area contributed by atoms with Crippen molar-refractivity contribution in [2.45, 2.75) is 19.9 Å². The van der Waals surface area contributed by atoms with Crippen LogP contribution >= 0.6 is 0 Å². The van der Waals surface area contributed by atoms with E-state index in [1.54, 1.807) is 13.8 Å². The Morgan fingerprint density at radius 2 is 1.79 bits per heavy atom. The van der Waals surface area contributed by atoms with Gasteiger partial charge in [-0.2, -0.15) is 0 Å². The maximum atomic E-state index is 11.9. The normalized spacial score (nSPS) is 11.9. The third-order valence-corrected chi connectivity index (χ3v) is 2.63. The number of benzene rings is 1. The average molecular weight is 264 g/mol. The fraction of sp³-hybridized carbons (Fsp3) is 0.308. The van der Waals surface area contributed by atoms with Gasteiger partial charge < -0.3 is 16.2 Å². The molecule has 1 rings (SSSR count). The van der Waals surface area contributed by atoms with Gasteiger partial charge in [0, 0.05) is 11.1 Å². The lowest BCUT2D eigenvalue weighted by atomic mass is 10.0. The van der Waals surface area contributed by atoms with Gasteiger partial charge in [0.1, 0.15) is 6.04 Å². The van der Waals surface area contributed by atoms with Crippen LogP contribution < -0.4 is 11.1 Å². The predicted octanol–water partition coefficient (Wildman–Crippen LogP) is 0.624. The zero-order valence-electron chi connectivity index (χ0n) is 10.7. The molecule has 1 aromatic rings. The Bertz CT molecular complexity index is 511. The molecule has 0 heterocycles. The molecule has 0 bridgehead atoms. The fourth-order valence-corrected chi connectivity index (χ4v) is 1.55. The van der Waals surface area contributed by atoms with E-state index in [1.165, 1.54) is 24.3 Å². The Kier molecular flexibility index (Phi) is 4.63. The molecular formula is C13H16N2O4. The number of carboxylic acid groups (broad SMARTS) is 1. The van der Waals surface area contributed by atoms with Gasteiger partial charge in [0.2, 0.25) is 5.91 Å². The molecule has 0 radical (unpaired) electrons. The minimum Gasteiger partial charge on any atom is -0.480 e. The number of carbonyl (C=O) groups is 3. The van der Waals surface area contributed by atoms with Gasteiger partial charge in [-0.1, -0.05) is 19.9 Å². The molecular weight excluding hydrogens is 248 g/mol. The maximum Gasteiger partial charge on any atom is 0.326 e. The highest BCUT2D eigenvalue weighted by Crippen LogP contribution is 2.07. The number of amides is 2. The Balaban J connectivity index is 2.91. The molecule has 1 atom stereocenters. The first-order valence-corrected chi connectivity index (χ1v) is 5.76. The summed E-state index contributed by atoms with van der Waals surface area (Å²) in [4.78, 5) is 33.9. The summed E-state index contributed by atoms with van der Waals surface area (Å²) in [6, 6.07) is 4.83. The van der Waals surface area contributed by atoms with Crippen molar-refractivity contribution >= 4 is 17.8 Å².